The molecule has 0 radical (unpaired) electrons. The molecule has 28 heavy (non-hydrogen) atoms. The maximum atomic E-state index is 12.2. The summed E-state index contributed by atoms with van der Waals surface area (Å²) in [5.74, 6) is 0.737. The van der Waals surface area contributed by atoms with Gasteiger partial charge in [0.25, 0.3) is 5.56 Å². The highest BCUT2D eigenvalue weighted by atomic mass is 16.5. The number of benzene rings is 3. The fourth-order valence-electron chi connectivity index (χ4n) is 3.92. The summed E-state index contributed by atoms with van der Waals surface area (Å²) >= 11 is 0. The molecule has 0 saturated carbocycles. The smallest absolute Gasteiger partial charge is 0.278 e. The Bertz CT molecular complexity index is 1380. The Hall–Kier alpha value is -3.58. The van der Waals surface area contributed by atoms with Crippen molar-refractivity contribution in [3.63, 3.8) is 0 Å². The van der Waals surface area contributed by atoms with Crippen molar-refractivity contribution in [3.05, 3.63) is 52.8 Å². The number of nitrogens with one attached hydrogen (secondary N) is 1. The quantitative estimate of drug-likeness (QED) is 0.437. The van der Waals surface area contributed by atoms with Crippen LogP contribution in [-0.4, -0.2) is 40.0 Å². The summed E-state index contributed by atoms with van der Waals surface area (Å²) in [4.78, 5) is 16.3. The van der Waals surface area contributed by atoms with Gasteiger partial charge in [-0.15, -0.1) is 0 Å². The highest BCUT2D eigenvalue weighted by Gasteiger charge is 2.22. The van der Waals surface area contributed by atoms with E-state index in [1.807, 2.05) is 24.3 Å². The number of rotatable bonds is 5. The molecule has 2 aromatic heterocycles. The first kappa shape index (κ1) is 16.6. The van der Waals surface area contributed by atoms with Crippen molar-refractivity contribution in [1.29, 1.82) is 0 Å². The molecular weight excluding hydrogens is 358 g/mol. The number of aliphatic hydroxyl groups is 1. The molecule has 0 aliphatic heterocycles. The number of aliphatic hydroxyl groups excluding tert-OH is 1. The molecule has 0 atom stereocenters. The predicted molar refractivity (Wildman–Crippen MR) is 109 cm³/mol. The van der Waals surface area contributed by atoms with Gasteiger partial charge in [0, 0.05) is 28.8 Å². The number of methoxy groups -OCH3 is 1. The molecule has 140 valence electrons. The molecule has 3 aromatic carbocycles. The number of nitrogens with zero attached hydrogens (tertiary/aromatic N) is 2. The molecule has 0 amide bonds. The minimum absolute atomic E-state index is 0.0293. The summed E-state index contributed by atoms with van der Waals surface area (Å²) in [6.45, 7) is 0.325. The zero-order chi connectivity index (χ0) is 19.4. The van der Waals surface area contributed by atoms with Crippen molar-refractivity contribution in [2.24, 2.45) is 0 Å². The van der Waals surface area contributed by atoms with Crippen molar-refractivity contribution in [1.82, 2.24) is 9.55 Å². The third-order valence-corrected chi connectivity index (χ3v) is 5.13. The number of aromatic hydroxyl groups is 1. The zero-order valence-corrected chi connectivity index (χ0v) is 15.1. The first-order valence-electron chi connectivity index (χ1n) is 8.89. The molecule has 5 rings (SSSR count). The molecule has 3 N–H and O–H groups in total. The van der Waals surface area contributed by atoms with Gasteiger partial charge in [0.1, 0.15) is 5.75 Å². The number of anilines is 1. The molecule has 7 heteroatoms. The van der Waals surface area contributed by atoms with Crippen LogP contribution in [0.3, 0.4) is 0 Å². The highest BCUT2D eigenvalue weighted by Crippen LogP contribution is 2.42. The molecule has 5 aromatic rings. The zero-order valence-electron chi connectivity index (χ0n) is 15.1. The lowest BCUT2D eigenvalue weighted by Crippen LogP contribution is -2.09. The van der Waals surface area contributed by atoms with Gasteiger partial charge in [-0.2, -0.15) is 0 Å². The Labute approximate surface area is 159 Å². The van der Waals surface area contributed by atoms with Gasteiger partial charge in [0.05, 0.1) is 41.5 Å². The van der Waals surface area contributed by atoms with E-state index in [1.54, 1.807) is 29.9 Å². The predicted octanol–water partition coefficient (Wildman–Crippen LogP) is 2.69. The van der Waals surface area contributed by atoms with E-state index in [0.717, 1.165) is 16.3 Å². The molecule has 0 aliphatic rings. The van der Waals surface area contributed by atoms with Gasteiger partial charge in [-0.25, -0.2) is 4.98 Å². The second-order valence-corrected chi connectivity index (χ2v) is 6.62. The first-order chi connectivity index (χ1) is 13.6. The van der Waals surface area contributed by atoms with Crippen LogP contribution in [0.1, 0.15) is 0 Å². The van der Waals surface area contributed by atoms with E-state index in [0.29, 0.717) is 40.0 Å². The van der Waals surface area contributed by atoms with Crippen LogP contribution in [0.5, 0.6) is 11.6 Å². The molecule has 0 spiro atoms. The normalized spacial score (nSPS) is 11.8. The minimum atomic E-state index is -0.258. The fraction of sp³-hybridized carbons (Fsp3) is 0.143. The van der Waals surface area contributed by atoms with E-state index in [-0.39, 0.29) is 18.0 Å². The summed E-state index contributed by atoms with van der Waals surface area (Å²) in [5.41, 5.74) is 2.56. The fourth-order valence-corrected chi connectivity index (χ4v) is 3.92. The summed E-state index contributed by atoms with van der Waals surface area (Å²) < 4.78 is 7.05. The van der Waals surface area contributed by atoms with Crippen LogP contribution in [0, 0.1) is 0 Å². The van der Waals surface area contributed by atoms with Gasteiger partial charge in [0.2, 0.25) is 5.88 Å². The number of hydrogen-bond donors (Lipinski definition) is 3. The molecule has 7 nitrogen and oxygen atoms in total. The highest BCUT2D eigenvalue weighted by molar-refractivity contribution is 6.24. The van der Waals surface area contributed by atoms with Crippen LogP contribution < -0.4 is 15.6 Å². The Morgan fingerprint density at radius 2 is 1.93 bits per heavy atom. The van der Waals surface area contributed by atoms with E-state index in [4.69, 9.17) is 4.74 Å². The first-order valence-corrected chi connectivity index (χ1v) is 8.89. The van der Waals surface area contributed by atoms with Crippen molar-refractivity contribution >= 4 is 38.3 Å². The molecule has 0 fully saturated rings. The van der Waals surface area contributed by atoms with Crippen LogP contribution in [-0.2, 0) is 0 Å². The summed E-state index contributed by atoms with van der Waals surface area (Å²) in [7, 11) is 1.58. The number of aromatic nitrogens is 2. The Kier molecular flexibility index (Phi) is 3.53. The van der Waals surface area contributed by atoms with E-state index in [2.05, 4.69) is 10.3 Å². The summed E-state index contributed by atoms with van der Waals surface area (Å²) in [6.07, 6.45) is 0. The lowest BCUT2D eigenvalue weighted by atomic mass is 10.0. The summed E-state index contributed by atoms with van der Waals surface area (Å²) in [6, 6.07) is 12.6. The van der Waals surface area contributed by atoms with Crippen molar-refractivity contribution in [3.8, 4) is 17.3 Å². The number of hydrogen-bond acceptors (Lipinski definition) is 6. The van der Waals surface area contributed by atoms with Gasteiger partial charge in [-0.05, 0) is 36.4 Å². The Morgan fingerprint density at radius 1 is 1.11 bits per heavy atom. The van der Waals surface area contributed by atoms with Crippen LogP contribution in [0.25, 0.3) is 38.3 Å². The minimum Gasteiger partial charge on any atom is -0.497 e. The average molecular weight is 375 g/mol. The van der Waals surface area contributed by atoms with Gasteiger partial charge in [-0.3, -0.25) is 9.36 Å². The molecule has 0 aliphatic carbocycles. The Morgan fingerprint density at radius 3 is 2.71 bits per heavy atom. The second kappa shape index (κ2) is 5.97. The maximum Gasteiger partial charge on any atom is 0.278 e. The van der Waals surface area contributed by atoms with Crippen molar-refractivity contribution in [2.75, 3.05) is 25.6 Å². The second-order valence-electron chi connectivity index (χ2n) is 6.62. The van der Waals surface area contributed by atoms with Gasteiger partial charge in [-0.1, -0.05) is 0 Å². The van der Waals surface area contributed by atoms with Gasteiger partial charge >= 0.3 is 0 Å². The largest absolute Gasteiger partial charge is 0.497 e. The molecule has 0 unspecified atom stereocenters. The SMILES string of the molecule is COc1ccc(-n2c(O)c3ccc4c(=O)nc5ccc2c3c54)c(NCCO)c1. The van der Waals surface area contributed by atoms with Crippen LogP contribution in [0.15, 0.2) is 47.3 Å². The number of ether oxygens (including phenoxy) is 1. The van der Waals surface area contributed by atoms with Crippen LogP contribution >= 0.6 is 0 Å². The lowest BCUT2D eigenvalue weighted by Gasteiger charge is -2.15. The molecular formula is C21H17N3O4. The van der Waals surface area contributed by atoms with E-state index in [1.165, 1.54) is 0 Å². The third-order valence-electron chi connectivity index (χ3n) is 5.13. The van der Waals surface area contributed by atoms with Crippen molar-refractivity contribution < 1.29 is 14.9 Å². The van der Waals surface area contributed by atoms with Crippen LogP contribution in [0.4, 0.5) is 5.69 Å². The Balaban J connectivity index is 1.87. The van der Waals surface area contributed by atoms with E-state index in [9.17, 15) is 15.0 Å². The molecule has 0 bridgehead atoms. The maximum absolute atomic E-state index is 12.2. The lowest BCUT2D eigenvalue weighted by molar-refractivity contribution is 0.311. The monoisotopic (exact) mass is 375 g/mol. The van der Waals surface area contributed by atoms with Gasteiger partial charge in [0.15, 0.2) is 0 Å². The third kappa shape index (κ3) is 2.13. The van der Waals surface area contributed by atoms with Gasteiger partial charge < -0.3 is 20.3 Å². The van der Waals surface area contributed by atoms with Crippen molar-refractivity contribution in [2.45, 2.75) is 0 Å². The molecule has 2 heterocycles. The van der Waals surface area contributed by atoms with E-state index < -0.39 is 0 Å². The van der Waals surface area contributed by atoms with Crippen LogP contribution in [0.2, 0.25) is 0 Å². The van der Waals surface area contributed by atoms with E-state index >= 15 is 0 Å². The molecule has 0 saturated heterocycles. The summed E-state index contributed by atoms with van der Waals surface area (Å²) in [5, 5.41) is 26.2. The standard InChI is InChI=1S/C21H17N3O4/c1-28-11-2-6-16(15(10-11)22-8-9-25)24-17-7-5-14-18-12(20(26)23-14)3-4-13(19(17)18)21(24)27/h2-7,10,22,25,27H,8-9H2,1H3. The average Bonchev–Trinajstić information content (AvgIpc) is 3.19. The topological polar surface area (TPSA) is 96.6 Å².